The van der Waals surface area contributed by atoms with Gasteiger partial charge in [0.05, 0.1) is 12.1 Å². The Morgan fingerprint density at radius 1 is 0.680 bits per heavy atom. The fraction of sp³-hybridized carbons (Fsp3) is 0.900. The lowest BCUT2D eigenvalue weighted by molar-refractivity contribution is 0.153. The summed E-state index contributed by atoms with van der Waals surface area (Å²) in [5.74, 6) is 1.34. The smallest absolute Gasteiger partial charge is 0.293 e. The first-order chi connectivity index (χ1) is 12.2. The van der Waals surface area contributed by atoms with Crippen molar-refractivity contribution in [2.75, 3.05) is 0 Å². The largest absolute Gasteiger partial charge is 0.460 e. The Hall–Kier alpha value is -1.26. The average molecular weight is 348 g/mol. The van der Waals surface area contributed by atoms with E-state index in [9.17, 15) is 0 Å². The second kappa shape index (κ2) is 7.55. The SMILES string of the molecule is CC1OC(NC2=NC(C3CCCCC3)C(C)O2)=NC1C1CCCCC1. The van der Waals surface area contributed by atoms with Crippen LogP contribution in [0.1, 0.15) is 78.1 Å². The van der Waals surface area contributed by atoms with E-state index < -0.39 is 0 Å². The normalized spacial score (nSPS) is 37.2. The molecule has 4 rings (SSSR count). The van der Waals surface area contributed by atoms with E-state index in [2.05, 4.69) is 19.2 Å². The first-order valence-corrected chi connectivity index (χ1v) is 10.5. The van der Waals surface area contributed by atoms with Crippen LogP contribution >= 0.6 is 0 Å². The maximum atomic E-state index is 5.98. The van der Waals surface area contributed by atoms with E-state index in [-0.39, 0.29) is 24.3 Å². The molecule has 0 aromatic carbocycles. The second-order valence-corrected chi connectivity index (χ2v) is 8.42. The average Bonchev–Trinajstić information content (AvgIpc) is 3.19. The van der Waals surface area contributed by atoms with Crippen molar-refractivity contribution in [3.63, 3.8) is 0 Å². The van der Waals surface area contributed by atoms with E-state index >= 15 is 0 Å². The van der Waals surface area contributed by atoms with Crippen molar-refractivity contribution in [1.29, 1.82) is 0 Å². The summed E-state index contributed by atoms with van der Waals surface area (Å²) < 4.78 is 12.0. The molecule has 0 saturated heterocycles. The van der Waals surface area contributed by atoms with Crippen LogP contribution in [0.15, 0.2) is 9.98 Å². The van der Waals surface area contributed by atoms with E-state index in [4.69, 9.17) is 19.5 Å². The van der Waals surface area contributed by atoms with Crippen molar-refractivity contribution >= 4 is 12.0 Å². The number of ether oxygens (including phenoxy) is 2. The number of hydrogen-bond acceptors (Lipinski definition) is 5. The van der Waals surface area contributed by atoms with Gasteiger partial charge >= 0.3 is 0 Å². The van der Waals surface area contributed by atoms with Crippen molar-refractivity contribution in [1.82, 2.24) is 5.32 Å². The summed E-state index contributed by atoms with van der Waals surface area (Å²) in [7, 11) is 0. The molecule has 2 heterocycles. The molecular weight excluding hydrogens is 314 g/mol. The maximum absolute atomic E-state index is 5.98. The molecule has 0 radical (unpaired) electrons. The predicted molar refractivity (Wildman–Crippen MR) is 99.8 cm³/mol. The number of rotatable bonds is 2. The van der Waals surface area contributed by atoms with Crippen LogP contribution in [0.5, 0.6) is 0 Å². The van der Waals surface area contributed by atoms with Crippen LogP contribution < -0.4 is 5.32 Å². The van der Waals surface area contributed by atoms with Crippen LogP contribution in [0.4, 0.5) is 0 Å². The minimum Gasteiger partial charge on any atom is -0.460 e. The molecule has 140 valence electrons. The number of nitrogens with zero attached hydrogens (tertiary/aromatic N) is 2. The van der Waals surface area contributed by atoms with Gasteiger partial charge in [0.25, 0.3) is 12.0 Å². The molecule has 0 amide bonds. The maximum Gasteiger partial charge on any atom is 0.293 e. The van der Waals surface area contributed by atoms with Gasteiger partial charge in [-0.05, 0) is 51.4 Å². The Morgan fingerprint density at radius 3 is 1.48 bits per heavy atom. The summed E-state index contributed by atoms with van der Waals surface area (Å²) in [6, 6.07) is 1.80. The van der Waals surface area contributed by atoms with Gasteiger partial charge in [-0.2, -0.15) is 0 Å². The summed E-state index contributed by atoms with van der Waals surface area (Å²) in [5, 5.41) is 3.23. The van der Waals surface area contributed by atoms with Crippen molar-refractivity contribution in [3.8, 4) is 0 Å². The third-order valence-corrected chi connectivity index (χ3v) is 6.57. The van der Waals surface area contributed by atoms with E-state index in [0.717, 1.165) is 0 Å². The first-order valence-electron chi connectivity index (χ1n) is 10.5. The van der Waals surface area contributed by atoms with E-state index in [0.29, 0.717) is 23.9 Å². The van der Waals surface area contributed by atoms with Gasteiger partial charge in [-0.3, -0.25) is 5.32 Å². The molecule has 25 heavy (non-hydrogen) atoms. The van der Waals surface area contributed by atoms with Gasteiger partial charge in [-0.15, -0.1) is 0 Å². The number of aliphatic imine (C=N–C) groups is 2. The quantitative estimate of drug-likeness (QED) is 0.821. The molecular formula is C20H33N3O2. The summed E-state index contributed by atoms with van der Waals surface area (Å²) >= 11 is 0. The van der Waals surface area contributed by atoms with Crippen molar-refractivity contribution < 1.29 is 9.47 Å². The van der Waals surface area contributed by atoms with Crippen LogP contribution in [-0.4, -0.2) is 36.3 Å². The van der Waals surface area contributed by atoms with Gasteiger partial charge in [0.2, 0.25) is 0 Å². The minimum absolute atomic E-state index is 0.152. The van der Waals surface area contributed by atoms with Gasteiger partial charge in [0.1, 0.15) is 12.2 Å². The highest BCUT2D eigenvalue weighted by atomic mass is 16.5. The van der Waals surface area contributed by atoms with Gasteiger partial charge in [-0.1, -0.05) is 38.5 Å². The lowest BCUT2D eigenvalue weighted by Crippen LogP contribution is -2.33. The molecule has 5 nitrogen and oxygen atoms in total. The highest BCUT2D eigenvalue weighted by Crippen LogP contribution is 2.34. The van der Waals surface area contributed by atoms with Crippen LogP contribution in [0, 0.1) is 11.8 Å². The zero-order valence-electron chi connectivity index (χ0n) is 15.7. The monoisotopic (exact) mass is 347 g/mol. The molecule has 1 N–H and O–H groups in total. The summed E-state index contributed by atoms with van der Waals surface area (Å²) in [5.41, 5.74) is 0. The Labute approximate surface area is 151 Å². The van der Waals surface area contributed by atoms with Crippen LogP contribution in [0.25, 0.3) is 0 Å². The predicted octanol–water partition coefficient (Wildman–Crippen LogP) is 4.02. The topological polar surface area (TPSA) is 55.2 Å². The Morgan fingerprint density at radius 2 is 1.08 bits per heavy atom. The molecule has 4 atom stereocenters. The Bertz CT molecular complexity index is 475. The molecule has 4 unspecified atom stereocenters. The lowest BCUT2D eigenvalue weighted by atomic mass is 9.82. The van der Waals surface area contributed by atoms with Crippen molar-refractivity contribution in [2.24, 2.45) is 21.8 Å². The third kappa shape index (κ3) is 3.80. The third-order valence-electron chi connectivity index (χ3n) is 6.57. The highest BCUT2D eigenvalue weighted by Gasteiger charge is 2.38. The first kappa shape index (κ1) is 17.2. The molecule has 2 saturated carbocycles. The molecule has 0 spiro atoms. The van der Waals surface area contributed by atoms with Crippen LogP contribution in [0.3, 0.4) is 0 Å². The van der Waals surface area contributed by atoms with Crippen LogP contribution in [0.2, 0.25) is 0 Å². The summed E-state index contributed by atoms with van der Waals surface area (Å²) in [4.78, 5) is 9.68. The molecule has 2 aliphatic heterocycles. The van der Waals surface area contributed by atoms with Gasteiger partial charge in [0.15, 0.2) is 0 Å². The highest BCUT2D eigenvalue weighted by molar-refractivity contribution is 5.94. The Kier molecular flexibility index (Phi) is 5.18. The fourth-order valence-electron chi connectivity index (χ4n) is 5.18. The summed E-state index contributed by atoms with van der Waals surface area (Å²) in [6.45, 7) is 4.28. The van der Waals surface area contributed by atoms with E-state index in [1.807, 2.05) is 0 Å². The van der Waals surface area contributed by atoms with Gasteiger partial charge < -0.3 is 9.47 Å². The minimum atomic E-state index is 0.152. The molecule has 0 bridgehead atoms. The van der Waals surface area contributed by atoms with Crippen molar-refractivity contribution in [2.45, 2.75) is 102 Å². The molecule has 2 aliphatic carbocycles. The van der Waals surface area contributed by atoms with Gasteiger partial charge in [0, 0.05) is 0 Å². The van der Waals surface area contributed by atoms with Crippen molar-refractivity contribution in [3.05, 3.63) is 0 Å². The van der Waals surface area contributed by atoms with E-state index in [1.54, 1.807) is 0 Å². The molecule has 4 aliphatic rings. The molecule has 0 aromatic rings. The zero-order chi connectivity index (χ0) is 17.2. The Balaban J connectivity index is 1.38. The number of hydrogen-bond donors (Lipinski definition) is 1. The van der Waals surface area contributed by atoms with Crippen LogP contribution in [-0.2, 0) is 9.47 Å². The molecule has 5 heteroatoms. The second-order valence-electron chi connectivity index (χ2n) is 8.42. The lowest BCUT2D eigenvalue weighted by Gasteiger charge is -2.26. The number of amidine groups is 2. The summed E-state index contributed by atoms with van der Waals surface area (Å²) in [6.07, 6.45) is 13.5. The van der Waals surface area contributed by atoms with E-state index in [1.165, 1.54) is 64.2 Å². The zero-order valence-corrected chi connectivity index (χ0v) is 15.7. The standard InChI is InChI=1S/C20H33N3O2/c1-13-17(15-9-5-3-6-10-15)21-19(24-13)23-20-22-18(14(2)25-20)16-11-7-4-8-12-16/h13-18H,3-12H2,1-2H3,(H,21,22,23). The molecule has 2 fully saturated rings. The number of nitrogens with one attached hydrogen (secondary N) is 1. The molecule has 0 aromatic heterocycles. The fourth-order valence-corrected chi connectivity index (χ4v) is 5.18. The van der Waals surface area contributed by atoms with Gasteiger partial charge in [-0.25, -0.2) is 9.98 Å².